The number of aliphatic hydroxyl groups is 2. The standard InChI is InChI=1S/C12H22N4O7/c1-4(17)8(14)10(20)16-9(5(2)18)11(21)15-6(12(22)23)3-7(13)19/h4-6,8-9,17-18H,3,14H2,1-2H3,(H2,13,19)(H,15,21)(H,16,20)(H,22,23). The van der Waals surface area contributed by atoms with E-state index >= 15 is 0 Å². The minimum absolute atomic E-state index is 0.658. The number of hydrogen-bond donors (Lipinski definition) is 7. The summed E-state index contributed by atoms with van der Waals surface area (Å²) < 4.78 is 0. The second-order valence-corrected chi connectivity index (χ2v) is 5.06. The number of amides is 3. The Morgan fingerprint density at radius 2 is 1.52 bits per heavy atom. The molecular weight excluding hydrogens is 312 g/mol. The molecule has 11 heteroatoms. The zero-order valence-electron chi connectivity index (χ0n) is 12.7. The third-order valence-corrected chi connectivity index (χ3v) is 2.90. The lowest BCUT2D eigenvalue weighted by atomic mass is 10.1. The van der Waals surface area contributed by atoms with Crippen molar-refractivity contribution in [1.29, 1.82) is 0 Å². The number of nitrogens with one attached hydrogen (secondary N) is 2. The van der Waals surface area contributed by atoms with E-state index in [2.05, 4.69) is 5.32 Å². The summed E-state index contributed by atoms with van der Waals surface area (Å²) in [5, 5.41) is 31.8. The van der Waals surface area contributed by atoms with Crippen LogP contribution in [0.2, 0.25) is 0 Å². The van der Waals surface area contributed by atoms with Gasteiger partial charge >= 0.3 is 5.97 Å². The van der Waals surface area contributed by atoms with Gasteiger partial charge < -0.3 is 37.4 Å². The summed E-state index contributed by atoms with van der Waals surface area (Å²) in [6.45, 7) is 2.44. The molecule has 0 radical (unpaired) electrons. The third-order valence-electron chi connectivity index (χ3n) is 2.90. The first-order valence-electron chi connectivity index (χ1n) is 6.71. The van der Waals surface area contributed by atoms with Crippen molar-refractivity contribution in [1.82, 2.24) is 10.6 Å². The summed E-state index contributed by atoms with van der Waals surface area (Å²) in [7, 11) is 0. The molecule has 9 N–H and O–H groups in total. The average Bonchev–Trinajstić information content (AvgIpc) is 2.41. The predicted octanol–water partition coefficient (Wildman–Crippen LogP) is -4.00. The summed E-state index contributed by atoms with van der Waals surface area (Å²) >= 11 is 0. The van der Waals surface area contributed by atoms with Crippen LogP contribution >= 0.6 is 0 Å². The maximum Gasteiger partial charge on any atom is 0.326 e. The van der Waals surface area contributed by atoms with Crippen molar-refractivity contribution in [3.63, 3.8) is 0 Å². The van der Waals surface area contributed by atoms with Gasteiger partial charge in [0.2, 0.25) is 17.7 Å². The van der Waals surface area contributed by atoms with Crippen molar-refractivity contribution in [3.05, 3.63) is 0 Å². The van der Waals surface area contributed by atoms with Crippen molar-refractivity contribution in [3.8, 4) is 0 Å². The SMILES string of the molecule is CC(O)C(N)C(=O)NC(C(=O)NC(CC(N)=O)C(=O)O)C(C)O. The van der Waals surface area contributed by atoms with Gasteiger partial charge in [-0.05, 0) is 13.8 Å². The van der Waals surface area contributed by atoms with E-state index in [1.807, 2.05) is 5.32 Å². The summed E-state index contributed by atoms with van der Waals surface area (Å²) in [4.78, 5) is 45.5. The molecule has 0 saturated heterocycles. The van der Waals surface area contributed by atoms with Crippen molar-refractivity contribution in [2.45, 2.75) is 50.6 Å². The first-order valence-corrected chi connectivity index (χ1v) is 6.71. The van der Waals surface area contributed by atoms with Crippen LogP contribution in [0.25, 0.3) is 0 Å². The van der Waals surface area contributed by atoms with E-state index in [4.69, 9.17) is 16.6 Å². The number of carboxylic acids is 1. The molecule has 0 aliphatic heterocycles. The molecule has 0 aromatic rings. The maximum atomic E-state index is 12.0. The molecule has 0 heterocycles. The molecule has 0 bridgehead atoms. The number of carbonyl (C=O) groups is 4. The van der Waals surface area contributed by atoms with Gasteiger partial charge in [0.1, 0.15) is 18.1 Å². The van der Waals surface area contributed by atoms with Gasteiger partial charge in [-0.2, -0.15) is 0 Å². The van der Waals surface area contributed by atoms with Gasteiger partial charge in [-0.3, -0.25) is 14.4 Å². The Balaban J connectivity index is 5.01. The molecule has 0 spiro atoms. The van der Waals surface area contributed by atoms with Gasteiger partial charge in [0.05, 0.1) is 18.6 Å². The predicted molar refractivity (Wildman–Crippen MR) is 76.6 cm³/mol. The van der Waals surface area contributed by atoms with Gasteiger partial charge in [0.25, 0.3) is 0 Å². The number of aliphatic carboxylic acids is 1. The Labute approximate surface area is 132 Å². The van der Waals surface area contributed by atoms with E-state index in [1.165, 1.54) is 13.8 Å². The molecule has 0 rings (SSSR count). The Bertz CT molecular complexity index is 466. The fraction of sp³-hybridized carbons (Fsp3) is 0.667. The number of carboxylic acid groups (broad SMARTS) is 1. The smallest absolute Gasteiger partial charge is 0.326 e. The highest BCUT2D eigenvalue weighted by Crippen LogP contribution is 1.99. The van der Waals surface area contributed by atoms with Crippen LogP contribution in [0, 0.1) is 0 Å². The highest BCUT2D eigenvalue weighted by atomic mass is 16.4. The Kier molecular flexibility index (Phi) is 8.15. The van der Waals surface area contributed by atoms with Crippen LogP contribution in [0.3, 0.4) is 0 Å². The van der Waals surface area contributed by atoms with Crippen LogP contribution in [0.15, 0.2) is 0 Å². The molecule has 0 saturated carbocycles. The zero-order valence-corrected chi connectivity index (χ0v) is 12.7. The van der Waals surface area contributed by atoms with Gasteiger partial charge in [-0.1, -0.05) is 0 Å². The lowest BCUT2D eigenvalue weighted by Gasteiger charge is -2.25. The molecule has 3 amide bonds. The molecule has 5 atom stereocenters. The van der Waals surface area contributed by atoms with Crippen LogP contribution in [-0.2, 0) is 19.2 Å². The van der Waals surface area contributed by atoms with Crippen molar-refractivity contribution in [2.75, 3.05) is 0 Å². The maximum absolute atomic E-state index is 12.0. The van der Waals surface area contributed by atoms with E-state index in [0.717, 1.165) is 0 Å². The summed E-state index contributed by atoms with van der Waals surface area (Å²) in [5.74, 6) is -4.41. The lowest BCUT2D eigenvalue weighted by Crippen LogP contribution is -2.59. The number of primary amides is 1. The second kappa shape index (κ2) is 9.02. The highest BCUT2D eigenvalue weighted by molar-refractivity contribution is 5.93. The van der Waals surface area contributed by atoms with E-state index < -0.39 is 60.4 Å². The molecule has 11 nitrogen and oxygen atoms in total. The third kappa shape index (κ3) is 7.04. The Morgan fingerprint density at radius 1 is 1.00 bits per heavy atom. The molecule has 5 unspecified atom stereocenters. The normalized spacial score (nSPS) is 17.3. The average molecular weight is 334 g/mol. The Hall–Kier alpha value is -2.24. The zero-order chi connectivity index (χ0) is 18.3. The summed E-state index contributed by atoms with van der Waals surface area (Å²) in [6, 6.07) is -4.48. The van der Waals surface area contributed by atoms with E-state index in [0.29, 0.717) is 0 Å². The molecule has 23 heavy (non-hydrogen) atoms. The summed E-state index contributed by atoms with van der Waals surface area (Å²) in [6.07, 6.45) is -3.24. The van der Waals surface area contributed by atoms with Crippen molar-refractivity contribution < 1.29 is 34.5 Å². The molecule has 0 aromatic heterocycles. The lowest BCUT2D eigenvalue weighted by molar-refractivity contribution is -0.144. The van der Waals surface area contributed by atoms with Crippen molar-refractivity contribution >= 4 is 23.7 Å². The quantitative estimate of drug-likeness (QED) is 0.221. The fourth-order valence-electron chi connectivity index (χ4n) is 1.54. The van der Waals surface area contributed by atoms with E-state index in [-0.39, 0.29) is 0 Å². The van der Waals surface area contributed by atoms with Gasteiger partial charge in [-0.25, -0.2) is 4.79 Å². The highest BCUT2D eigenvalue weighted by Gasteiger charge is 2.32. The van der Waals surface area contributed by atoms with E-state index in [1.54, 1.807) is 0 Å². The molecule has 0 fully saturated rings. The van der Waals surface area contributed by atoms with Crippen molar-refractivity contribution in [2.24, 2.45) is 11.5 Å². The number of rotatable bonds is 9. The number of aliphatic hydroxyl groups excluding tert-OH is 2. The minimum atomic E-state index is -1.61. The largest absolute Gasteiger partial charge is 0.480 e. The number of hydrogen-bond acceptors (Lipinski definition) is 7. The molecule has 0 aliphatic rings. The first-order chi connectivity index (χ1) is 10.5. The van der Waals surface area contributed by atoms with Gasteiger partial charge in [-0.15, -0.1) is 0 Å². The molecular formula is C12H22N4O7. The molecule has 0 aromatic carbocycles. The topological polar surface area (TPSA) is 205 Å². The second-order valence-electron chi connectivity index (χ2n) is 5.06. The van der Waals surface area contributed by atoms with Crippen LogP contribution in [0.1, 0.15) is 20.3 Å². The monoisotopic (exact) mass is 334 g/mol. The fourth-order valence-corrected chi connectivity index (χ4v) is 1.54. The van der Waals surface area contributed by atoms with Crippen LogP contribution in [-0.4, -0.2) is 69.3 Å². The first kappa shape index (κ1) is 20.8. The van der Waals surface area contributed by atoms with Gasteiger partial charge in [0, 0.05) is 0 Å². The number of nitrogens with two attached hydrogens (primary N) is 2. The van der Waals surface area contributed by atoms with E-state index in [9.17, 15) is 29.4 Å². The minimum Gasteiger partial charge on any atom is -0.480 e. The van der Waals surface area contributed by atoms with Crippen LogP contribution in [0.5, 0.6) is 0 Å². The van der Waals surface area contributed by atoms with Gasteiger partial charge in [0.15, 0.2) is 0 Å². The Morgan fingerprint density at radius 3 is 1.87 bits per heavy atom. The summed E-state index contributed by atoms with van der Waals surface area (Å²) in [5.41, 5.74) is 10.3. The van der Waals surface area contributed by atoms with Crippen LogP contribution in [0.4, 0.5) is 0 Å². The number of carbonyl (C=O) groups excluding carboxylic acids is 3. The van der Waals surface area contributed by atoms with Crippen LogP contribution < -0.4 is 22.1 Å². The molecule has 0 aliphatic carbocycles. The molecule has 132 valence electrons.